The van der Waals surface area contributed by atoms with Crippen molar-refractivity contribution in [3.63, 3.8) is 0 Å². The van der Waals surface area contributed by atoms with Crippen LogP contribution in [0.4, 0.5) is 5.69 Å². The lowest BCUT2D eigenvalue weighted by molar-refractivity contribution is 0.0791. The van der Waals surface area contributed by atoms with Crippen LogP contribution < -0.4 is 5.73 Å². The summed E-state index contributed by atoms with van der Waals surface area (Å²) in [6.07, 6.45) is 1.76. The Kier molecular flexibility index (Phi) is 3.86. The first-order valence-corrected chi connectivity index (χ1v) is 8.82. The molecule has 0 aliphatic heterocycles. The van der Waals surface area contributed by atoms with Crippen molar-refractivity contribution < 1.29 is 4.79 Å². The number of amides is 1. The van der Waals surface area contributed by atoms with Crippen LogP contribution in [0.5, 0.6) is 0 Å². The Hall–Kier alpha value is -2.92. The predicted octanol–water partition coefficient (Wildman–Crippen LogP) is 4.30. The van der Waals surface area contributed by atoms with Crippen LogP contribution in [0.15, 0.2) is 60.8 Å². The molecule has 4 nitrogen and oxygen atoms in total. The first-order valence-electron chi connectivity index (χ1n) is 8.00. The predicted molar refractivity (Wildman–Crippen MR) is 104 cm³/mol. The second kappa shape index (κ2) is 6.18. The van der Waals surface area contributed by atoms with Gasteiger partial charge < -0.3 is 10.6 Å². The Labute approximate surface area is 149 Å². The standard InChI is InChI=1S/C20H17N3OS/c1-23(12-13-7-3-2-4-8-13)20(24)19-17(21)15-11-22-16-10-6-5-9-14(16)18(15)25-19/h2-11H,12,21H2,1H3. The van der Waals surface area contributed by atoms with Crippen LogP contribution in [-0.2, 0) is 6.54 Å². The number of fused-ring (bicyclic) bond motifs is 3. The van der Waals surface area contributed by atoms with Gasteiger partial charge in [0.05, 0.1) is 11.2 Å². The van der Waals surface area contributed by atoms with E-state index in [-0.39, 0.29) is 5.91 Å². The van der Waals surface area contributed by atoms with E-state index in [0.717, 1.165) is 26.6 Å². The molecule has 0 bridgehead atoms. The molecule has 2 aromatic heterocycles. The van der Waals surface area contributed by atoms with Crippen molar-refractivity contribution in [3.05, 3.63) is 71.2 Å². The molecule has 0 spiro atoms. The number of pyridine rings is 1. The number of nitrogens with two attached hydrogens (primary N) is 1. The van der Waals surface area contributed by atoms with E-state index in [9.17, 15) is 4.79 Å². The van der Waals surface area contributed by atoms with Gasteiger partial charge in [0.25, 0.3) is 5.91 Å². The average molecular weight is 347 g/mol. The van der Waals surface area contributed by atoms with E-state index in [4.69, 9.17) is 5.73 Å². The van der Waals surface area contributed by atoms with Crippen molar-refractivity contribution in [3.8, 4) is 0 Å². The number of nitrogens with zero attached hydrogens (tertiary/aromatic N) is 2. The van der Waals surface area contributed by atoms with Gasteiger partial charge in [-0.15, -0.1) is 11.3 Å². The summed E-state index contributed by atoms with van der Waals surface area (Å²) < 4.78 is 1.01. The van der Waals surface area contributed by atoms with E-state index in [1.807, 2.05) is 54.6 Å². The maximum atomic E-state index is 12.9. The molecular formula is C20H17N3OS. The fourth-order valence-corrected chi connectivity index (χ4v) is 4.18. The normalized spacial score (nSPS) is 11.1. The van der Waals surface area contributed by atoms with Crippen molar-refractivity contribution in [2.75, 3.05) is 12.8 Å². The summed E-state index contributed by atoms with van der Waals surface area (Å²) in [5.41, 5.74) is 8.80. The SMILES string of the molecule is CN(Cc1ccccc1)C(=O)c1sc2c(cnc3ccccc32)c1N. The topological polar surface area (TPSA) is 59.2 Å². The largest absolute Gasteiger partial charge is 0.397 e. The zero-order valence-electron chi connectivity index (χ0n) is 13.8. The second-order valence-corrected chi connectivity index (χ2v) is 7.03. The molecule has 4 aromatic rings. The fraction of sp³-hybridized carbons (Fsp3) is 0.100. The highest BCUT2D eigenvalue weighted by molar-refractivity contribution is 7.22. The lowest BCUT2D eigenvalue weighted by Gasteiger charge is -2.16. The molecule has 0 radical (unpaired) electrons. The summed E-state index contributed by atoms with van der Waals surface area (Å²) in [5.74, 6) is -0.0633. The number of carbonyl (C=O) groups excluding carboxylic acids is 1. The lowest BCUT2D eigenvalue weighted by atomic mass is 10.1. The van der Waals surface area contributed by atoms with Gasteiger partial charge in [-0.3, -0.25) is 9.78 Å². The molecule has 124 valence electrons. The Balaban J connectivity index is 1.74. The van der Waals surface area contributed by atoms with Gasteiger partial charge in [-0.2, -0.15) is 0 Å². The van der Waals surface area contributed by atoms with Crippen molar-refractivity contribution in [1.29, 1.82) is 0 Å². The highest BCUT2D eigenvalue weighted by Gasteiger charge is 2.21. The van der Waals surface area contributed by atoms with E-state index in [1.165, 1.54) is 11.3 Å². The Bertz CT molecular complexity index is 1070. The van der Waals surface area contributed by atoms with Crippen molar-refractivity contribution in [2.24, 2.45) is 0 Å². The molecule has 5 heteroatoms. The minimum absolute atomic E-state index is 0.0633. The molecule has 0 unspecified atom stereocenters. The molecule has 4 rings (SSSR count). The van der Waals surface area contributed by atoms with Gasteiger partial charge >= 0.3 is 0 Å². The smallest absolute Gasteiger partial charge is 0.266 e. The maximum absolute atomic E-state index is 12.9. The first kappa shape index (κ1) is 15.6. The highest BCUT2D eigenvalue weighted by atomic mass is 32.1. The van der Waals surface area contributed by atoms with Crippen molar-refractivity contribution >= 4 is 43.9 Å². The molecule has 0 fully saturated rings. The maximum Gasteiger partial charge on any atom is 0.266 e. The Morgan fingerprint density at radius 2 is 1.80 bits per heavy atom. The van der Waals surface area contributed by atoms with E-state index in [2.05, 4.69) is 4.98 Å². The molecule has 2 N–H and O–H groups in total. The summed E-state index contributed by atoms with van der Waals surface area (Å²) in [4.78, 5) is 19.6. The van der Waals surface area contributed by atoms with Crippen LogP contribution >= 0.6 is 11.3 Å². The molecule has 0 saturated carbocycles. The lowest BCUT2D eigenvalue weighted by Crippen LogP contribution is -2.26. The second-order valence-electron chi connectivity index (χ2n) is 6.01. The number of thiophene rings is 1. The van der Waals surface area contributed by atoms with Crippen molar-refractivity contribution in [2.45, 2.75) is 6.54 Å². The minimum atomic E-state index is -0.0633. The monoisotopic (exact) mass is 347 g/mol. The molecule has 25 heavy (non-hydrogen) atoms. The summed E-state index contributed by atoms with van der Waals surface area (Å²) in [6.45, 7) is 0.548. The average Bonchev–Trinajstić information content (AvgIpc) is 2.99. The van der Waals surface area contributed by atoms with Crippen LogP contribution in [0.1, 0.15) is 15.2 Å². The highest BCUT2D eigenvalue weighted by Crippen LogP contribution is 2.37. The molecule has 0 atom stereocenters. The van der Waals surface area contributed by atoms with Crippen LogP contribution in [0.3, 0.4) is 0 Å². The Morgan fingerprint density at radius 3 is 2.60 bits per heavy atom. The molecule has 1 amide bonds. The number of nitrogen functional groups attached to an aromatic ring is 1. The van der Waals surface area contributed by atoms with Gasteiger partial charge in [0.15, 0.2) is 0 Å². The summed E-state index contributed by atoms with van der Waals surface area (Å²) in [6, 6.07) is 17.8. The van der Waals surface area contributed by atoms with Gasteiger partial charge in [-0.25, -0.2) is 0 Å². The van der Waals surface area contributed by atoms with E-state index in [1.54, 1.807) is 18.1 Å². The number of aromatic nitrogens is 1. The van der Waals surface area contributed by atoms with E-state index in [0.29, 0.717) is 17.1 Å². The Morgan fingerprint density at radius 1 is 1.08 bits per heavy atom. The summed E-state index contributed by atoms with van der Waals surface area (Å²) in [5, 5.41) is 1.88. The van der Waals surface area contributed by atoms with Gasteiger partial charge in [0.1, 0.15) is 4.88 Å². The molecule has 0 aliphatic rings. The third kappa shape index (κ3) is 2.72. The van der Waals surface area contributed by atoms with E-state index >= 15 is 0 Å². The number of hydrogen-bond donors (Lipinski definition) is 1. The van der Waals surface area contributed by atoms with Crippen LogP contribution in [0, 0.1) is 0 Å². The quantitative estimate of drug-likeness (QED) is 0.601. The third-order valence-electron chi connectivity index (χ3n) is 4.27. The zero-order chi connectivity index (χ0) is 17.4. The number of carbonyl (C=O) groups is 1. The van der Waals surface area contributed by atoms with Crippen LogP contribution in [-0.4, -0.2) is 22.8 Å². The van der Waals surface area contributed by atoms with Crippen molar-refractivity contribution in [1.82, 2.24) is 9.88 Å². The zero-order valence-corrected chi connectivity index (χ0v) is 14.6. The molecule has 2 aromatic carbocycles. The number of anilines is 1. The van der Waals surface area contributed by atoms with Gasteiger partial charge in [-0.05, 0) is 11.6 Å². The molecule has 0 saturated heterocycles. The first-order chi connectivity index (χ1) is 12.1. The van der Waals surface area contributed by atoms with Crippen LogP contribution in [0.25, 0.3) is 21.0 Å². The summed E-state index contributed by atoms with van der Waals surface area (Å²) >= 11 is 1.44. The summed E-state index contributed by atoms with van der Waals surface area (Å²) in [7, 11) is 1.80. The minimum Gasteiger partial charge on any atom is -0.397 e. The number of para-hydroxylation sites is 1. The van der Waals surface area contributed by atoms with Gasteiger partial charge in [-0.1, -0.05) is 48.5 Å². The molecular weight excluding hydrogens is 330 g/mol. The van der Waals surface area contributed by atoms with Gasteiger partial charge in [0, 0.05) is 35.3 Å². The fourth-order valence-electron chi connectivity index (χ4n) is 2.96. The van der Waals surface area contributed by atoms with E-state index < -0.39 is 0 Å². The molecule has 2 heterocycles. The van der Waals surface area contributed by atoms with Crippen LogP contribution in [0.2, 0.25) is 0 Å². The number of rotatable bonds is 3. The van der Waals surface area contributed by atoms with Gasteiger partial charge in [0.2, 0.25) is 0 Å². The number of benzene rings is 2. The molecule has 0 aliphatic carbocycles. The third-order valence-corrected chi connectivity index (χ3v) is 5.51. The number of hydrogen-bond acceptors (Lipinski definition) is 4.